The van der Waals surface area contributed by atoms with Gasteiger partial charge < -0.3 is 21.4 Å². The monoisotopic (exact) mass is 347 g/mol. The van der Waals surface area contributed by atoms with Crippen LogP contribution in [-0.2, 0) is 11.2 Å². The van der Waals surface area contributed by atoms with Crippen molar-refractivity contribution in [2.75, 3.05) is 19.6 Å². The van der Waals surface area contributed by atoms with E-state index in [1.165, 1.54) is 12.1 Å². The number of nitrogens with two attached hydrogens (primary N) is 1. The first-order valence-electron chi connectivity index (χ1n) is 8.41. The number of hydrogen-bond donors (Lipinski definition) is 4. The van der Waals surface area contributed by atoms with E-state index in [1.807, 2.05) is 13.1 Å². The smallest absolute Gasteiger partial charge is 0.224 e. The second kappa shape index (κ2) is 8.00. The zero-order valence-electron chi connectivity index (χ0n) is 14.9. The van der Waals surface area contributed by atoms with Crippen LogP contribution in [0.2, 0.25) is 0 Å². The zero-order chi connectivity index (χ0) is 18.4. The number of nitrogens with one attached hydrogen (secondary N) is 3. The standard InChI is InChI=1S/C18H26FN5O/c1-4-21-17(24-11-18(2,3)16(20)25)22-8-7-12-10-23-15-9-13(19)5-6-14(12)15/h5-6,9-10,23H,4,7-8,11H2,1-3H3,(H2,20,25)(H2,21,22,24). The van der Waals surface area contributed by atoms with Crippen molar-refractivity contribution >= 4 is 22.8 Å². The summed E-state index contributed by atoms with van der Waals surface area (Å²) in [6.07, 6.45) is 2.65. The van der Waals surface area contributed by atoms with Gasteiger partial charge in [0.15, 0.2) is 5.96 Å². The van der Waals surface area contributed by atoms with Gasteiger partial charge in [0.2, 0.25) is 5.91 Å². The van der Waals surface area contributed by atoms with Crippen molar-refractivity contribution < 1.29 is 9.18 Å². The van der Waals surface area contributed by atoms with Crippen molar-refractivity contribution in [1.82, 2.24) is 15.6 Å². The number of halogens is 1. The minimum Gasteiger partial charge on any atom is -0.369 e. The lowest BCUT2D eigenvalue weighted by Gasteiger charge is -2.19. The van der Waals surface area contributed by atoms with Crippen molar-refractivity contribution in [2.24, 2.45) is 16.1 Å². The van der Waals surface area contributed by atoms with E-state index >= 15 is 0 Å². The van der Waals surface area contributed by atoms with Gasteiger partial charge in [0, 0.05) is 30.2 Å². The number of carbonyl (C=O) groups is 1. The highest BCUT2D eigenvalue weighted by Gasteiger charge is 2.24. The molecule has 0 fully saturated rings. The Balaban J connectivity index is 1.97. The van der Waals surface area contributed by atoms with Gasteiger partial charge in [0.25, 0.3) is 0 Å². The van der Waals surface area contributed by atoms with Gasteiger partial charge in [-0.25, -0.2) is 4.39 Å². The van der Waals surface area contributed by atoms with Crippen molar-refractivity contribution in [1.29, 1.82) is 0 Å². The number of carbonyl (C=O) groups excluding carboxylic acids is 1. The third-order valence-corrected chi connectivity index (χ3v) is 4.06. The Bertz CT molecular complexity index is 766. The molecule has 0 unspecified atom stereocenters. The van der Waals surface area contributed by atoms with Crippen LogP contribution in [-0.4, -0.2) is 36.5 Å². The zero-order valence-corrected chi connectivity index (χ0v) is 14.9. The molecule has 25 heavy (non-hydrogen) atoms. The molecule has 0 aliphatic rings. The number of guanidine groups is 1. The lowest BCUT2D eigenvalue weighted by molar-refractivity contribution is -0.125. The maximum Gasteiger partial charge on any atom is 0.224 e. The fourth-order valence-corrected chi connectivity index (χ4v) is 2.38. The fraction of sp³-hybridized carbons (Fsp3) is 0.444. The van der Waals surface area contributed by atoms with Crippen LogP contribution in [0.1, 0.15) is 26.3 Å². The van der Waals surface area contributed by atoms with Crippen molar-refractivity contribution in [3.05, 3.63) is 35.8 Å². The second-order valence-corrected chi connectivity index (χ2v) is 6.62. The molecule has 0 atom stereocenters. The lowest BCUT2D eigenvalue weighted by atomic mass is 9.93. The molecule has 7 heteroatoms. The molecular formula is C18H26FN5O. The maximum atomic E-state index is 13.2. The molecule has 136 valence electrons. The first-order chi connectivity index (χ1) is 11.8. The molecule has 0 radical (unpaired) electrons. The molecule has 1 heterocycles. The number of fused-ring (bicyclic) bond motifs is 1. The van der Waals surface area contributed by atoms with E-state index in [0.29, 0.717) is 19.0 Å². The van der Waals surface area contributed by atoms with E-state index in [0.717, 1.165) is 29.4 Å². The van der Waals surface area contributed by atoms with Crippen LogP contribution in [0.5, 0.6) is 0 Å². The number of amides is 1. The molecule has 1 amide bonds. The molecular weight excluding hydrogens is 321 g/mol. The predicted octanol–water partition coefficient (Wildman–Crippen LogP) is 1.92. The second-order valence-electron chi connectivity index (χ2n) is 6.62. The van der Waals surface area contributed by atoms with Gasteiger partial charge in [-0.15, -0.1) is 0 Å². The number of aliphatic imine (C=N–C) groups is 1. The Morgan fingerprint density at radius 3 is 2.80 bits per heavy atom. The number of aromatic amines is 1. The molecule has 0 bridgehead atoms. The Hall–Kier alpha value is -2.57. The lowest BCUT2D eigenvalue weighted by Crippen LogP contribution is -2.40. The minimum absolute atomic E-state index is 0.252. The van der Waals surface area contributed by atoms with Crippen molar-refractivity contribution in [3.63, 3.8) is 0 Å². The van der Waals surface area contributed by atoms with E-state index in [1.54, 1.807) is 19.9 Å². The first-order valence-corrected chi connectivity index (χ1v) is 8.41. The number of H-pyrrole nitrogens is 1. The summed E-state index contributed by atoms with van der Waals surface area (Å²) in [5, 5.41) is 7.41. The topological polar surface area (TPSA) is 95.3 Å². The Morgan fingerprint density at radius 2 is 2.12 bits per heavy atom. The number of benzene rings is 1. The summed E-state index contributed by atoms with van der Waals surface area (Å²) in [5.41, 5.74) is 6.59. The summed E-state index contributed by atoms with van der Waals surface area (Å²) in [7, 11) is 0. The van der Waals surface area contributed by atoms with Crippen LogP contribution in [0.15, 0.2) is 29.4 Å². The highest BCUT2D eigenvalue weighted by atomic mass is 19.1. The van der Waals surface area contributed by atoms with Crippen LogP contribution < -0.4 is 16.4 Å². The first kappa shape index (κ1) is 18.8. The number of rotatable bonds is 7. The number of nitrogens with zero attached hydrogens (tertiary/aromatic N) is 1. The van der Waals surface area contributed by atoms with Crippen molar-refractivity contribution in [3.8, 4) is 0 Å². The number of primary amides is 1. The summed E-state index contributed by atoms with van der Waals surface area (Å²) >= 11 is 0. The quantitative estimate of drug-likeness (QED) is 0.455. The fourth-order valence-electron chi connectivity index (χ4n) is 2.38. The van der Waals surface area contributed by atoms with E-state index in [4.69, 9.17) is 5.73 Å². The van der Waals surface area contributed by atoms with E-state index in [2.05, 4.69) is 20.6 Å². The molecule has 1 aromatic heterocycles. The van der Waals surface area contributed by atoms with Crippen LogP contribution >= 0.6 is 0 Å². The predicted molar refractivity (Wildman–Crippen MR) is 98.9 cm³/mol. The van der Waals surface area contributed by atoms with Crippen molar-refractivity contribution in [2.45, 2.75) is 27.2 Å². The van der Waals surface area contributed by atoms with E-state index < -0.39 is 5.41 Å². The van der Waals surface area contributed by atoms with Gasteiger partial charge in [-0.3, -0.25) is 9.79 Å². The van der Waals surface area contributed by atoms with E-state index in [-0.39, 0.29) is 11.7 Å². The SMILES string of the molecule is CCNC(=NCC(C)(C)C(N)=O)NCCc1c[nH]c2cc(F)ccc12. The van der Waals surface area contributed by atoms with Gasteiger partial charge in [0.1, 0.15) is 5.82 Å². The Kier molecular flexibility index (Phi) is 6.01. The summed E-state index contributed by atoms with van der Waals surface area (Å²) < 4.78 is 13.2. The summed E-state index contributed by atoms with van der Waals surface area (Å²) in [6.45, 7) is 7.21. The van der Waals surface area contributed by atoms with Gasteiger partial charge >= 0.3 is 0 Å². The molecule has 1 aromatic carbocycles. The average molecular weight is 347 g/mol. The average Bonchev–Trinajstić information content (AvgIpc) is 2.94. The van der Waals surface area contributed by atoms with Crippen LogP contribution in [0.4, 0.5) is 4.39 Å². The van der Waals surface area contributed by atoms with Crippen LogP contribution in [0.25, 0.3) is 10.9 Å². The molecule has 2 aromatic rings. The minimum atomic E-state index is -0.691. The van der Waals surface area contributed by atoms with Gasteiger partial charge in [-0.1, -0.05) is 0 Å². The third kappa shape index (κ3) is 4.95. The normalized spacial score (nSPS) is 12.4. The molecule has 0 saturated heterocycles. The number of aromatic nitrogens is 1. The number of hydrogen-bond acceptors (Lipinski definition) is 2. The molecule has 6 nitrogen and oxygen atoms in total. The maximum absolute atomic E-state index is 13.2. The summed E-state index contributed by atoms with van der Waals surface area (Å²) in [4.78, 5) is 18.9. The summed E-state index contributed by atoms with van der Waals surface area (Å²) in [6, 6.07) is 4.74. The molecule has 0 spiro atoms. The molecule has 2 rings (SSSR count). The van der Waals surface area contributed by atoms with Crippen LogP contribution in [0.3, 0.4) is 0 Å². The molecule has 5 N–H and O–H groups in total. The summed E-state index contributed by atoms with van der Waals surface area (Å²) in [5.74, 6) is 0.0125. The highest BCUT2D eigenvalue weighted by molar-refractivity contribution is 5.84. The Labute approximate surface area is 147 Å². The van der Waals surface area contributed by atoms with Gasteiger partial charge in [0.05, 0.1) is 12.0 Å². The highest BCUT2D eigenvalue weighted by Crippen LogP contribution is 2.19. The molecule has 0 aliphatic carbocycles. The molecule has 0 saturated carbocycles. The van der Waals surface area contributed by atoms with Gasteiger partial charge in [-0.05, 0) is 51.0 Å². The van der Waals surface area contributed by atoms with E-state index in [9.17, 15) is 9.18 Å². The third-order valence-electron chi connectivity index (χ3n) is 4.06. The largest absolute Gasteiger partial charge is 0.369 e. The molecule has 0 aliphatic heterocycles. The Morgan fingerprint density at radius 1 is 1.36 bits per heavy atom. The van der Waals surface area contributed by atoms with Gasteiger partial charge in [-0.2, -0.15) is 0 Å². The van der Waals surface area contributed by atoms with Crippen LogP contribution in [0, 0.1) is 11.2 Å².